The highest BCUT2D eigenvalue weighted by Crippen LogP contribution is 2.23. The van der Waals surface area contributed by atoms with E-state index < -0.39 is 0 Å². The maximum atomic E-state index is 12.2. The molecule has 0 radical (unpaired) electrons. The number of carbonyl (C=O) groups excluding carboxylic acids is 1. The summed E-state index contributed by atoms with van der Waals surface area (Å²) in [5.74, 6) is 0.0798. The molecule has 0 spiro atoms. The van der Waals surface area contributed by atoms with Gasteiger partial charge in [-0.25, -0.2) is 0 Å². The Hall–Kier alpha value is -1.62. The number of amides is 1. The summed E-state index contributed by atoms with van der Waals surface area (Å²) >= 11 is 6.05. The Morgan fingerprint density at radius 2 is 1.96 bits per heavy atom. The maximum absolute atomic E-state index is 12.2. The Morgan fingerprint density at radius 1 is 1.19 bits per heavy atom. The molecule has 1 heterocycles. The molecule has 2 aromatic carbocycles. The van der Waals surface area contributed by atoms with E-state index in [1.165, 1.54) is 0 Å². The molecule has 0 saturated carbocycles. The fourth-order valence-corrected chi connectivity index (χ4v) is 3.28. The van der Waals surface area contributed by atoms with Gasteiger partial charge in [0.05, 0.1) is 0 Å². The first-order valence-corrected chi connectivity index (χ1v) is 8.63. The first-order chi connectivity index (χ1) is 11.6. The lowest BCUT2D eigenvalue weighted by Crippen LogP contribution is -2.37. The highest BCUT2D eigenvalue weighted by atomic mass is 35.5. The van der Waals surface area contributed by atoms with Crippen LogP contribution in [0.15, 0.2) is 48.5 Å². The number of carbonyl (C=O) groups is 1. The van der Waals surface area contributed by atoms with Crippen molar-refractivity contribution >= 4 is 53.7 Å². The smallest absolute Gasteiger partial charge is 0.220 e. The molecule has 1 atom stereocenters. The number of rotatable bonds is 5. The van der Waals surface area contributed by atoms with Crippen molar-refractivity contribution in [2.45, 2.75) is 25.3 Å². The van der Waals surface area contributed by atoms with Crippen molar-refractivity contribution in [3.8, 4) is 0 Å². The van der Waals surface area contributed by atoms with Crippen molar-refractivity contribution in [2.75, 3.05) is 23.7 Å². The number of hydrogen-bond donors (Lipinski definition) is 2. The summed E-state index contributed by atoms with van der Waals surface area (Å²) < 4.78 is 0. The Morgan fingerprint density at radius 3 is 2.69 bits per heavy atom. The molecule has 0 aromatic heterocycles. The van der Waals surface area contributed by atoms with Crippen LogP contribution in [0.2, 0.25) is 5.02 Å². The third-order valence-electron chi connectivity index (χ3n) is 4.40. The molecule has 1 aliphatic rings. The lowest BCUT2D eigenvalue weighted by molar-refractivity contribution is -0.121. The second kappa shape index (κ2) is 10.5. The number of anilines is 2. The van der Waals surface area contributed by atoms with Gasteiger partial charge >= 0.3 is 0 Å². The summed E-state index contributed by atoms with van der Waals surface area (Å²) in [6, 6.07) is 15.7. The Labute approximate surface area is 171 Å². The van der Waals surface area contributed by atoms with Crippen molar-refractivity contribution in [1.29, 1.82) is 0 Å². The molecule has 7 heteroatoms. The fraction of sp³-hybridized carbons (Fsp3) is 0.316. The minimum Gasteiger partial charge on any atom is -0.399 e. The van der Waals surface area contributed by atoms with Gasteiger partial charge in [-0.05, 0) is 42.7 Å². The van der Waals surface area contributed by atoms with Crippen molar-refractivity contribution in [1.82, 2.24) is 5.32 Å². The number of nitrogens with one attached hydrogen (secondary N) is 1. The van der Waals surface area contributed by atoms with Crippen LogP contribution >= 0.6 is 36.4 Å². The molecular weight excluding hydrogens is 393 g/mol. The minimum atomic E-state index is 0. The van der Waals surface area contributed by atoms with Crippen LogP contribution in [0, 0.1) is 0 Å². The number of para-hydroxylation sites is 1. The molecular formula is C19H24Cl3N3O. The highest BCUT2D eigenvalue weighted by molar-refractivity contribution is 6.30. The average Bonchev–Trinajstić information content (AvgIpc) is 3.02. The van der Waals surface area contributed by atoms with Crippen LogP contribution in [0.25, 0.3) is 0 Å². The second-order valence-electron chi connectivity index (χ2n) is 6.18. The Bertz CT molecular complexity index is 727. The van der Waals surface area contributed by atoms with Gasteiger partial charge in [0, 0.05) is 41.9 Å². The van der Waals surface area contributed by atoms with Gasteiger partial charge in [0.15, 0.2) is 0 Å². The quantitative estimate of drug-likeness (QED) is 0.722. The number of nitrogens with two attached hydrogens (primary N) is 1. The topological polar surface area (TPSA) is 58.4 Å². The Kier molecular flexibility index (Phi) is 9.06. The van der Waals surface area contributed by atoms with Crippen LogP contribution in [-0.2, 0) is 11.2 Å². The van der Waals surface area contributed by atoms with Crippen LogP contribution < -0.4 is 16.0 Å². The number of hydrogen-bond acceptors (Lipinski definition) is 3. The normalized spacial score (nSPS) is 15.7. The summed E-state index contributed by atoms with van der Waals surface area (Å²) in [4.78, 5) is 14.4. The van der Waals surface area contributed by atoms with E-state index in [2.05, 4.69) is 10.2 Å². The van der Waals surface area contributed by atoms with E-state index >= 15 is 0 Å². The van der Waals surface area contributed by atoms with Crippen molar-refractivity contribution < 1.29 is 4.79 Å². The second-order valence-corrected chi connectivity index (χ2v) is 6.61. The molecule has 0 aliphatic carbocycles. The number of nitrogen functional groups attached to an aromatic ring is 1. The summed E-state index contributed by atoms with van der Waals surface area (Å²) in [7, 11) is 0. The minimum absolute atomic E-state index is 0. The predicted octanol–water partition coefficient (Wildman–Crippen LogP) is 4.09. The van der Waals surface area contributed by atoms with Gasteiger partial charge in [-0.2, -0.15) is 0 Å². The summed E-state index contributed by atoms with van der Waals surface area (Å²) in [6.45, 7) is 1.75. The van der Waals surface area contributed by atoms with Gasteiger partial charge in [0.2, 0.25) is 5.91 Å². The highest BCUT2D eigenvalue weighted by Gasteiger charge is 2.24. The van der Waals surface area contributed by atoms with Gasteiger partial charge in [-0.15, -0.1) is 24.8 Å². The molecule has 1 amide bonds. The maximum Gasteiger partial charge on any atom is 0.220 e. The lowest BCUT2D eigenvalue weighted by Gasteiger charge is -2.19. The molecule has 3 N–H and O–H groups in total. The van der Waals surface area contributed by atoms with Crippen LogP contribution in [0.1, 0.15) is 18.4 Å². The van der Waals surface area contributed by atoms with E-state index in [0.29, 0.717) is 12.8 Å². The first-order valence-electron chi connectivity index (χ1n) is 8.25. The largest absolute Gasteiger partial charge is 0.399 e. The number of nitrogens with zero attached hydrogens (tertiary/aromatic N) is 1. The van der Waals surface area contributed by atoms with Gasteiger partial charge in [-0.1, -0.05) is 35.9 Å². The third-order valence-corrected chi connectivity index (χ3v) is 4.64. The fourth-order valence-electron chi connectivity index (χ4n) is 3.10. The van der Waals surface area contributed by atoms with E-state index in [1.807, 2.05) is 48.5 Å². The molecule has 4 nitrogen and oxygen atoms in total. The third kappa shape index (κ3) is 5.97. The molecule has 1 saturated heterocycles. The zero-order valence-corrected chi connectivity index (χ0v) is 16.7. The number of benzene rings is 2. The zero-order valence-electron chi connectivity index (χ0n) is 14.4. The average molecular weight is 417 g/mol. The number of halogens is 3. The lowest BCUT2D eigenvalue weighted by atomic mass is 10.1. The molecule has 3 rings (SSSR count). The molecule has 1 fully saturated rings. The molecule has 1 unspecified atom stereocenters. The van der Waals surface area contributed by atoms with Crippen LogP contribution in [0.5, 0.6) is 0 Å². The van der Waals surface area contributed by atoms with E-state index in [1.54, 1.807) is 0 Å². The molecule has 0 bridgehead atoms. The Balaban J connectivity index is 0.00000169. The monoisotopic (exact) mass is 415 g/mol. The SMILES string of the molecule is Cl.Cl.Nc1ccccc1CCC(=O)NC1CCN(c2cccc(Cl)c2)C1. The molecule has 2 aromatic rings. The van der Waals surface area contributed by atoms with Crippen LogP contribution in [-0.4, -0.2) is 25.0 Å². The predicted molar refractivity (Wildman–Crippen MR) is 114 cm³/mol. The molecule has 26 heavy (non-hydrogen) atoms. The van der Waals surface area contributed by atoms with Gasteiger partial charge in [-0.3, -0.25) is 4.79 Å². The zero-order chi connectivity index (χ0) is 16.9. The van der Waals surface area contributed by atoms with E-state index in [-0.39, 0.29) is 36.8 Å². The van der Waals surface area contributed by atoms with E-state index in [0.717, 1.165) is 41.5 Å². The molecule has 1 aliphatic heterocycles. The standard InChI is InChI=1S/C19H22ClN3O.2ClH/c20-15-5-3-6-17(12-15)23-11-10-16(13-23)22-19(24)9-8-14-4-1-2-7-18(14)21;;/h1-7,12,16H,8-11,13,21H2,(H,22,24);2*1H. The van der Waals surface area contributed by atoms with E-state index in [4.69, 9.17) is 17.3 Å². The number of aryl methyl sites for hydroxylation is 1. The summed E-state index contributed by atoms with van der Waals surface area (Å²) in [5.41, 5.74) is 8.80. The summed E-state index contributed by atoms with van der Waals surface area (Å²) in [5, 5.41) is 3.87. The molecule has 142 valence electrons. The van der Waals surface area contributed by atoms with E-state index in [9.17, 15) is 4.79 Å². The van der Waals surface area contributed by atoms with Gasteiger partial charge in [0.25, 0.3) is 0 Å². The van der Waals surface area contributed by atoms with Crippen molar-refractivity contribution in [3.05, 3.63) is 59.1 Å². The van der Waals surface area contributed by atoms with Crippen molar-refractivity contribution in [2.24, 2.45) is 0 Å². The van der Waals surface area contributed by atoms with Gasteiger partial charge in [0.1, 0.15) is 0 Å². The van der Waals surface area contributed by atoms with Gasteiger partial charge < -0.3 is 16.0 Å². The first kappa shape index (κ1) is 22.4. The summed E-state index contributed by atoms with van der Waals surface area (Å²) in [6.07, 6.45) is 2.08. The van der Waals surface area contributed by atoms with Crippen molar-refractivity contribution in [3.63, 3.8) is 0 Å². The van der Waals surface area contributed by atoms with Crippen LogP contribution in [0.4, 0.5) is 11.4 Å². The van der Waals surface area contributed by atoms with Crippen LogP contribution in [0.3, 0.4) is 0 Å².